The van der Waals surface area contributed by atoms with Gasteiger partial charge in [0.25, 0.3) is 5.91 Å². The monoisotopic (exact) mass is 579 g/mol. The molecule has 41 heavy (non-hydrogen) atoms. The second-order valence-electron chi connectivity index (χ2n) is 9.73. The van der Waals surface area contributed by atoms with Crippen LogP contribution in [0.4, 0.5) is 16.2 Å². The van der Waals surface area contributed by atoms with E-state index < -0.39 is 30.4 Å². The summed E-state index contributed by atoms with van der Waals surface area (Å²) in [5, 5.41) is 20.0. The van der Waals surface area contributed by atoms with Gasteiger partial charge in [0, 0.05) is 43.2 Å². The Bertz CT molecular complexity index is 1600. The number of amides is 2. The molecule has 13 heteroatoms. The fourth-order valence-electron chi connectivity index (χ4n) is 4.69. The zero-order valence-electron chi connectivity index (χ0n) is 23.0. The summed E-state index contributed by atoms with van der Waals surface area (Å²) in [4.78, 5) is 39.1. The number of hydrogen-bond acceptors (Lipinski definition) is 9. The van der Waals surface area contributed by atoms with Crippen molar-refractivity contribution >= 4 is 34.9 Å². The molecule has 0 unspecified atom stereocenters. The summed E-state index contributed by atoms with van der Waals surface area (Å²) >= 11 is 1.50. The topological polar surface area (TPSA) is 134 Å². The average Bonchev–Trinajstić information content (AvgIpc) is 3.58. The zero-order valence-corrected chi connectivity index (χ0v) is 23.8. The average molecular weight is 580 g/mol. The molecule has 3 aromatic heterocycles. The molecule has 214 valence electrons. The van der Waals surface area contributed by atoms with Gasteiger partial charge < -0.3 is 25.4 Å². The number of hydrogen-bond donors (Lipinski definition) is 3. The van der Waals surface area contributed by atoms with Gasteiger partial charge in [-0.25, -0.2) is 14.4 Å². The lowest BCUT2D eigenvalue weighted by Crippen LogP contribution is -2.51. The minimum Gasteiger partial charge on any atom is -0.497 e. The standard InChI is InChI=1S/C28H30FN7O4S/c1-15-13-30-28(33-24-5-7-31-35(24)3)34-25(15)23-12-20-22(41-23)6-8-36(27(20)39)16(2)26(38)32-21(14-37)17-9-18(29)11-19(10-17)40-4/h5,7,9-13,16,21,37H,6,8,14H2,1-4H3,(H,32,38)(H,30,33,34)/t16-,21-/m1/s1. The molecule has 3 N–H and O–H groups in total. The number of aromatic nitrogens is 4. The maximum Gasteiger partial charge on any atom is 0.255 e. The molecule has 1 aliphatic rings. The Hall–Kier alpha value is -4.36. The summed E-state index contributed by atoms with van der Waals surface area (Å²) in [6, 6.07) is 5.93. The van der Waals surface area contributed by atoms with Crippen molar-refractivity contribution < 1.29 is 23.8 Å². The van der Waals surface area contributed by atoms with Crippen molar-refractivity contribution in [3.8, 4) is 16.3 Å². The van der Waals surface area contributed by atoms with Crippen molar-refractivity contribution in [3.05, 3.63) is 70.1 Å². The van der Waals surface area contributed by atoms with E-state index in [1.165, 1.54) is 35.5 Å². The van der Waals surface area contributed by atoms with E-state index in [2.05, 4.69) is 20.7 Å². The number of rotatable bonds is 9. The van der Waals surface area contributed by atoms with Gasteiger partial charge in [0.05, 0.1) is 42.1 Å². The number of methoxy groups -OCH3 is 1. The normalized spacial score (nSPS) is 14.4. The van der Waals surface area contributed by atoms with Crippen molar-refractivity contribution in [2.24, 2.45) is 7.05 Å². The highest BCUT2D eigenvalue weighted by molar-refractivity contribution is 7.15. The number of aliphatic hydroxyl groups is 1. The Balaban J connectivity index is 1.33. The van der Waals surface area contributed by atoms with E-state index in [9.17, 15) is 19.1 Å². The van der Waals surface area contributed by atoms with E-state index in [1.54, 1.807) is 30.1 Å². The minimum atomic E-state index is -0.868. The van der Waals surface area contributed by atoms with Gasteiger partial charge in [0.1, 0.15) is 23.4 Å². The molecular weight excluding hydrogens is 549 g/mol. The van der Waals surface area contributed by atoms with Gasteiger partial charge in [-0.15, -0.1) is 11.3 Å². The number of benzene rings is 1. The van der Waals surface area contributed by atoms with Gasteiger partial charge in [-0.3, -0.25) is 14.3 Å². The molecule has 2 amide bonds. The molecule has 0 saturated carbocycles. The number of aryl methyl sites for hydroxylation is 2. The fraction of sp³-hybridized carbons (Fsp3) is 0.321. The Morgan fingerprint density at radius 2 is 2.10 bits per heavy atom. The summed E-state index contributed by atoms with van der Waals surface area (Å²) in [5.41, 5.74) is 2.46. The molecule has 2 atom stereocenters. The third-order valence-electron chi connectivity index (χ3n) is 7.02. The summed E-state index contributed by atoms with van der Waals surface area (Å²) < 4.78 is 20.8. The molecule has 0 bridgehead atoms. The molecule has 1 aliphatic heterocycles. The van der Waals surface area contributed by atoms with E-state index in [-0.39, 0.29) is 11.7 Å². The Morgan fingerprint density at radius 3 is 2.80 bits per heavy atom. The summed E-state index contributed by atoms with van der Waals surface area (Å²) in [7, 11) is 3.22. The van der Waals surface area contributed by atoms with Crippen LogP contribution in [-0.2, 0) is 18.3 Å². The molecule has 5 rings (SSSR count). The number of thiophene rings is 1. The van der Waals surface area contributed by atoms with Crippen molar-refractivity contribution in [3.63, 3.8) is 0 Å². The van der Waals surface area contributed by atoms with Crippen LogP contribution in [-0.4, -0.2) is 67.9 Å². The highest BCUT2D eigenvalue weighted by Gasteiger charge is 2.34. The second-order valence-corrected chi connectivity index (χ2v) is 10.9. The predicted octanol–water partition coefficient (Wildman–Crippen LogP) is 3.37. The lowest BCUT2D eigenvalue weighted by atomic mass is 10.0. The first-order valence-corrected chi connectivity index (χ1v) is 13.8. The molecule has 0 spiro atoms. The van der Waals surface area contributed by atoms with Crippen molar-refractivity contribution in [1.29, 1.82) is 0 Å². The third-order valence-corrected chi connectivity index (χ3v) is 8.23. The number of nitrogens with one attached hydrogen (secondary N) is 2. The highest BCUT2D eigenvalue weighted by atomic mass is 32.1. The van der Waals surface area contributed by atoms with Gasteiger partial charge >= 0.3 is 0 Å². The van der Waals surface area contributed by atoms with Crippen LogP contribution < -0.4 is 15.4 Å². The van der Waals surface area contributed by atoms with Gasteiger partial charge in [-0.2, -0.15) is 5.10 Å². The number of aliphatic hydroxyl groups excluding tert-OH is 1. The molecule has 1 aromatic carbocycles. The van der Waals surface area contributed by atoms with Crippen molar-refractivity contribution in [1.82, 2.24) is 30.0 Å². The van der Waals surface area contributed by atoms with Crippen LogP contribution in [0, 0.1) is 12.7 Å². The quantitative estimate of drug-likeness (QED) is 0.275. The smallest absolute Gasteiger partial charge is 0.255 e. The zero-order chi connectivity index (χ0) is 29.3. The number of ether oxygens (including phenoxy) is 1. The van der Waals surface area contributed by atoms with E-state index in [4.69, 9.17) is 9.72 Å². The lowest BCUT2D eigenvalue weighted by Gasteiger charge is -2.32. The molecule has 11 nitrogen and oxygen atoms in total. The number of fused-ring (bicyclic) bond motifs is 1. The van der Waals surface area contributed by atoms with Crippen LogP contribution in [0.1, 0.15) is 39.3 Å². The van der Waals surface area contributed by atoms with Gasteiger partial charge in [0.15, 0.2) is 0 Å². The van der Waals surface area contributed by atoms with Gasteiger partial charge in [0.2, 0.25) is 11.9 Å². The van der Waals surface area contributed by atoms with E-state index in [0.29, 0.717) is 35.7 Å². The van der Waals surface area contributed by atoms with Crippen LogP contribution in [0.2, 0.25) is 0 Å². The molecule has 0 saturated heterocycles. The van der Waals surface area contributed by atoms with Crippen molar-refractivity contribution in [2.45, 2.75) is 32.4 Å². The molecule has 0 fully saturated rings. The van der Waals surface area contributed by atoms with Crippen LogP contribution in [0.25, 0.3) is 10.6 Å². The summed E-state index contributed by atoms with van der Waals surface area (Å²) in [5.74, 6) is 0.148. The third kappa shape index (κ3) is 5.77. The number of carbonyl (C=O) groups is 2. The number of anilines is 2. The number of carbonyl (C=O) groups excluding carboxylic acids is 2. The first-order chi connectivity index (χ1) is 19.7. The van der Waals surface area contributed by atoms with Crippen LogP contribution in [0.5, 0.6) is 5.75 Å². The number of halogens is 1. The van der Waals surface area contributed by atoms with Gasteiger partial charge in [-0.1, -0.05) is 0 Å². The Kier molecular flexibility index (Phi) is 7.99. The van der Waals surface area contributed by atoms with E-state index >= 15 is 0 Å². The lowest BCUT2D eigenvalue weighted by molar-refractivity contribution is -0.126. The Morgan fingerprint density at radius 1 is 1.29 bits per heavy atom. The molecule has 4 heterocycles. The van der Waals surface area contributed by atoms with E-state index in [0.717, 1.165) is 21.1 Å². The van der Waals surface area contributed by atoms with Crippen molar-refractivity contribution in [2.75, 3.05) is 25.6 Å². The molecule has 0 radical (unpaired) electrons. The number of nitrogens with zero attached hydrogens (tertiary/aromatic N) is 5. The molecular formula is C28H30FN7O4S. The van der Waals surface area contributed by atoms with E-state index in [1.807, 2.05) is 26.1 Å². The highest BCUT2D eigenvalue weighted by Crippen LogP contribution is 2.36. The van der Waals surface area contributed by atoms with Gasteiger partial charge in [-0.05, 0) is 43.2 Å². The molecule has 0 aliphatic carbocycles. The SMILES string of the molecule is COc1cc(F)cc([C@@H](CO)NC(=O)[C@@H](C)N2CCc3sc(-c4nc(Nc5ccnn5C)ncc4C)cc3C2=O)c1. The summed E-state index contributed by atoms with van der Waals surface area (Å²) in [6.07, 6.45) is 3.98. The maximum atomic E-state index is 14.0. The summed E-state index contributed by atoms with van der Waals surface area (Å²) in [6.45, 7) is 3.45. The van der Waals surface area contributed by atoms with Crippen LogP contribution >= 0.6 is 11.3 Å². The fourth-order valence-corrected chi connectivity index (χ4v) is 5.89. The first-order valence-electron chi connectivity index (χ1n) is 13.0. The van der Waals surface area contributed by atoms with Crippen LogP contribution in [0.15, 0.2) is 42.7 Å². The minimum absolute atomic E-state index is 0.260. The van der Waals surface area contributed by atoms with Crippen LogP contribution in [0.3, 0.4) is 0 Å². The molecule has 4 aromatic rings. The predicted molar refractivity (Wildman–Crippen MR) is 152 cm³/mol. The largest absolute Gasteiger partial charge is 0.497 e. The second kappa shape index (κ2) is 11.6. The Labute approximate surface area is 240 Å². The maximum absolute atomic E-state index is 14.0. The first kappa shape index (κ1) is 28.2.